The van der Waals surface area contributed by atoms with Crippen LogP contribution in [0, 0.1) is 11.8 Å². The number of ether oxygens (including phenoxy) is 2. The zero-order valence-electron chi connectivity index (χ0n) is 21.5. The lowest BCUT2D eigenvalue weighted by molar-refractivity contribution is -0.162. The predicted molar refractivity (Wildman–Crippen MR) is 132 cm³/mol. The number of hydrogen-bond donors (Lipinski definition) is 1. The highest BCUT2D eigenvalue weighted by Gasteiger charge is 2.79. The van der Waals surface area contributed by atoms with Crippen molar-refractivity contribution in [3.05, 3.63) is 25.3 Å². The van der Waals surface area contributed by atoms with Crippen molar-refractivity contribution in [3.8, 4) is 0 Å². The quantitative estimate of drug-likeness (QED) is 0.229. The summed E-state index contributed by atoms with van der Waals surface area (Å²) in [5, 5.41) is 9.47. The molecule has 2 amide bonds. The van der Waals surface area contributed by atoms with E-state index in [1.54, 1.807) is 15.9 Å². The van der Waals surface area contributed by atoms with Crippen molar-refractivity contribution in [2.24, 2.45) is 11.8 Å². The molecule has 0 saturated carbocycles. The Morgan fingerprint density at radius 3 is 2.60 bits per heavy atom. The van der Waals surface area contributed by atoms with Gasteiger partial charge in [-0.05, 0) is 58.8 Å². The molecule has 0 aromatic rings. The molecule has 3 aliphatic rings. The van der Waals surface area contributed by atoms with Crippen LogP contribution in [0.4, 0.5) is 0 Å². The number of carbonyl (C=O) groups is 3. The topological polar surface area (TPSA) is 96.4 Å². The molecule has 0 aromatic heterocycles. The summed E-state index contributed by atoms with van der Waals surface area (Å²) in [5.74, 6) is -2.36. The lowest BCUT2D eigenvalue weighted by Gasteiger charge is -2.38. The lowest BCUT2D eigenvalue weighted by atomic mass is 9.65. The summed E-state index contributed by atoms with van der Waals surface area (Å²) in [4.78, 5) is 44.5. The van der Waals surface area contributed by atoms with Crippen molar-refractivity contribution in [1.29, 1.82) is 0 Å². The summed E-state index contributed by atoms with van der Waals surface area (Å²) in [5.41, 5.74) is -1.87. The molecule has 0 aromatic carbocycles. The van der Waals surface area contributed by atoms with Crippen molar-refractivity contribution < 1.29 is 29.0 Å². The number of unbranched alkanes of at least 4 members (excludes halogenated alkanes) is 2. The first kappa shape index (κ1) is 27.4. The molecule has 196 valence electrons. The smallest absolute Gasteiger partial charge is 0.312 e. The molecule has 5 atom stereocenters. The van der Waals surface area contributed by atoms with Crippen LogP contribution in [0.1, 0.15) is 65.7 Å². The second kappa shape index (κ2) is 11.2. The summed E-state index contributed by atoms with van der Waals surface area (Å²) >= 11 is 0. The summed E-state index contributed by atoms with van der Waals surface area (Å²) in [6.45, 7) is 14.1. The van der Waals surface area contributed by atoms with Crippen LogP contribution in [-0.4, -0.2) is 82.3 Å². The second-order valence-corrected chi connectivity index (χ2v) is 10.3. The van der Waals surface area contributed by atoms with Crippen LogP contribution in [0.3, 0.4) is 0 Å². The standard InChI is InChI=1S/C27H42N2O6/c1-6-9-10-11-18-34-25(33)21-20-23(31)29(16-12-17-30)22(24(32)28(15-7-2)19(4)5)27(20)14-13-26(21,8-3)35-27/h6-7,19-22,30H,1-2,8-18H2,3-5H3/t20-,21+,22?,26-,27?/m0/s1. The molecular formula is C27H42N2O6. The third-order valence-corrected chi connectivity index (χ3v) is 8.00. The van der Waals surface area contributed by atoms with E-state index in [2.05, 4.69) is 13.2 Å². The maximum Gasteiger partial charge on any atom is 0.312 e. The fourth-order valence-electron chi connectivity index (χ4n) is 6.34. The van der Waals surface area contributed by atoms with Gasteiger partial charge in [0.15, 0.2) is 0 Å². The molecule has 3 saturated heterocycles. The van der Waals surface area contributed by atoms with Gasteiger partial charge in [-0.15, -0.1) is 13.2 Å². The number of amides is 2. The molecule has 3 fully saturated rings. The molecule has 35 heavy (non-hydrogen) atoms. The summed E-state index contributed by atoms with van der Waals surface area (Å²) in [6.07, 6.45) is 8.01. The van der Waals surface area contributed by atoms with Gasteiger partial charge in [0, 0.05) is 25.7 Å². The van der Waals surface area contributed by atoms with Crippen molar-refractivity contribution in [3.63, 3.8) is 0 Å². The fourth-order valence-corrected chi connectivity index (χ4v) is 6.34. The van der Waals surface area contributed by atoms with Gasteiger partial charge in [0.2, 0.25) is 11.8 Å². The molecule has 8 nitrogen and oxygen atoms in total. The molecule has 0 radical (unpaired) electrons. The average molecular weight is 491 g/mol. The normalized spacial score (nSPS) is 31.1. The van der Waals surface area contributed by atoms with Crippen LogP contribution in [0.2, 0.25) is 0 Å². The Balaban J connectivity index is 1.97. The Kier molecular flexibility index (Phi) is 8.81. The number of carbonyl (C=O) groups excluding carboxylic acids is 3. The van der Waals surface area contributed by atoms with Crippen molar-refractivity contribution in [1.82, 2.24) is 9.80 Å². The van der Waals surface area contributed by atoms with E-state index in [1.165, 1.54) is 0 Å². The van der Waals surface area contributed by atoms with E-state index < -0.39 is 35.0 Å². The number of fused-ring (bicyclic) bond motifs is 1. The number of allylic oxidation sites excluding steroid dienone is 1. The van der Waals surface area contributed by atoms with Crippen molar-refractivity contribution >= 4 is 17.8 Å². The van der Waals surface area contributed by atoms with E-state index in [0.29, 0.717) is 32.2 Å². The predicted octanol–water partition coefficient (Wildman–Crippen LogP) is 2.85. The maximum atomic E-state index is 14.0. The highest BCUT2D eigenvalue weighted by Crippen LogP contribution is 2.64. The van der Waals surface area contributed by atoms with Crippen LogP contribution >= 0.6 is 0 Å². The molecule has 2 bridgehead atoms. The SMILES string of the molecule is C=CCCCCOC(=O)[C@H]1[C@H]2C(=O)N(CCCO)C(C(=O)N(CC=C)C(C)C)C23CC[C@]1(CC)O3. The van der Waals surface area contributed by atoms with Crippen LogP contribution in [0.15, 0.2) is 25.3 Å². The highest BCUT2D eigenvalue weighted by molar-refractivity contribution is 5.98. The molecule has 3 heterocycles. The van der Waals surface area contributed by atoms with E-state index in [4.69, 9.17) is 9.47 Å². The summed E-state index contributed by atoms with van der Waals surface area (Å²) in [7, 11) is 0. The molecular weight excluding hydrogens is 448 g/mol. The first-order valence-corrected chi connectivity index (χ1v) is 13.0. The minimum absolute atomic E-state index is 0.0965. The van der Waals surface area contributed by atoms with Gasteiger partial charge in [-0.2, -0.15) is 0 Å². The van der Waals surface area contributed by atoms with E-state index >= 15 is 0 Å². The highest BCUT2D eigenvalue weighted by atomic mass is 16.6. The third kappa shape index (κ3) is 4.67. The van der Waals surface area contributed by atoms with Gasteiger partial charge in [0.1, 0.15) is 17.6 Å². The third-order valence-electron chi connectivity index (χ3n) is 8.00. The van der Waals surface area contributed by atoms with Gasteiger partial charge in [-0.25, -0.2) is 0 Å². The number of rotatable bonds is 14. The van der Waals surface area contributed by atoms with Crippen molar-refractivity contribution in [2.75, 3.05) is 26.3 Å². The molecule has 3 aliphatic heterocycles. The monoisotopic (exact) mass is 490 g/mol. The van der Waals surface area contributed by atoms with E-state index in [1.807, 2.05) is 26.8 Å². The first-order valence-electron chi connectivity index (χ1n) is 13.0. The van der Waals surface area contributed by atoms with Crippen molar-refractivity contribution in [2.45, 2.75) is 89.0 Å². The van der Waals surface area contributed by atoms with Crippen LogP contribution < -0.4 is 0 Å². The Bertz CT molecular complexity index is 828. The van der Waals surface area contributed by atoms with Crippen LogP contribution in [-0.2, 0) is 23.9 Å². The molecule has 3 rings (SSSR count). The lowest BCUT2D eigenvalue weighted by Crippen LogP contribution is -2.57. The van der Waals surface area contributed by atoms with Gasteiger partial charge in [-0.1, -0.05) is 19.1 Å². The first-order chi connectivity index (χ1) is 16.7. The summed E-state index contributed by atoms with van der Waals surface area (Å²) in [6, 6.07) is -0.937. The van der Waals surface area contributed by atoms with E-state index in [0.717, 1.165) is 19.3 Å². The number of nitrogens with zero attached hydrogens (tertiary/aromatic N) is 2. The zero-order valence-corrected chi connectivity index (χ0v) is 21.5. The molecule has 0 aliphatic carbocycles. The zero-order chi connectivity index (χ0) is 25.8. The van der Waals surface area contributed by atoms with Crippen LogP contribution in [0.25, 0.3) is 0 Å². The molecule has 8 heteroatoms. The minimum atomic E-state index is -1.07. The average Bonchev–Trinajstić information content (AvgIpc) is 3.44. The molecule has 1 N–H and O–H groups in total. The Morgan fingerprint density at radius 1 is 1.26 bits per heavy atom. The minimum Gasteiger partial charge on any atom is -0.465 e. The van der Waals surface area contributed by atoms with Gasteiger partial charge in [0.25, 0.3) is 0 Å². The molecule has 1 spiro atoms. The molecule has 2 unspecified atom stereocenters. The largest absolute Gasteiger partial charge is 0.465 e. The van der Waals surface area contributed by atoms with Gasteiger partial charge in [-0.3, -0.25) is 14.4 Å². The number of likely N-dealkylation sites (tertiary alicyclic amines) is 1. The summed E-state index contributed by atoms with van der Waals surface area (Å²) < 4.78 is 12.4. The van der Waals surface area contributed by atoms with Crippen LogP contribution in [0.5, 0.6) is 0 Å². The Morgan fingerprint density at radius 2 is 2.00 bits per heavy atom. The fraction of sp³-hybridized carbons (Fsp3) is 0.741. The number of aliphatic hydroxyl groups excluding tert-OH is 1. The van der Waals surface area contributed by atoms with Gasteiger partial charge < -0.3 is 24.4 Å². The number of aliphatic hydroxyl groups is 1. The van der Waals surface area contributed by atoms with Gasteiger partial charge in [0.05, 0.1) is 18.1 Å². The van der Waals surface area contributed by atoms with Gasteiger partial charge >= 0.3 is 5.97 Å². The number of hydrogen-bond acceptors (Lipinski definition) is 6. The second-order valence-electron chi connectivity index (χ2n) is 10.3. The maximum absolute atomic E-state index is 14.0. The van der Waals surface area contributed by atoms with E-state index in [-0.39, 0.29) is 37.6 Å². The number of esters is 1. The Labute approximate surface area is 209 Å². The Hall–Kier alpha value is -2.19. The van der Waals surface area contributed by atoms with E-state index in [9.17, 15) is 19.5 Å².